The number of rotatable bonds is 4. The molecule has 0 saturated heterocycles. The van der Waals surface area contributed by atoms with Crippen LogP contribution in [0.1, 0.15) is 79.6 Å². The zero-order valence-corrected chi connectivity index (χ0v) is 15.3. The van der Waals surface area contributed by atoms with Gasteiger partial charge < -0.3 is 10.2 Å². The fourth-order valence-corrected chi connectivity index (χ4v) is 5.80. The van der Waals surface area contributed by atoms with Crippen molar-refractivity contribution in [3.63, 3.8) is 0 Å². The highest BCUT2D eigenvalue weighted by Gasteiger charge is 2.57. The van der Waals surface area contributed by atoms with E-state index in [0.717, 1.165) is 19.3 Å². The fraction of sp³-hybridized carbons (Fsp3) is 0.900. The first-order valence-electron chi connectivity index (χ1n) is 9.03. The van der Waals surface area contributed by atoms with Gasteiger partial charge in [0.25, 0.3) is 0 Å². The van der Waals surface area contributed by atoms with E-state index in [4.69, 9.17) is 0 Å². The summed E-state index contributed by atoms with van der Waals surface area (Å²) in [5, 5.41) is 21.4. The Bertz CT molecular complexity index is 421. The number of fused-ring (bicyclic) bond motifs is 1. The molecule has 2 aliphatic rings. The van der Waals surface area contributed by atoms with E-state index in [-0.39, 0.29) is 11.3 Å². The van der Waals surface area contributed by atoms with Gasteiger partial charge in [0.05, 0.1) is 11.2 Å². The van der Waals surface area contributed by atoms with Crippen LogP contribution in [0.15, 0.2) is 12.7 Å². The van der Waals surface area contributed by atoms with Crippen molar-refractivity contribution in [3.8, 4) is 0 Å². The van der Waals surface area contributed by atoms with Gasteiger partial charge in [-0.1, -0.05) is 33.3 Å². The van der Waals surface area contributed by atoms with E-state index in [0.29, 0.717) is 17.8 Å². The van der Waals surface area contributed by atoms with Crippen molar-refractivity contribution in [1.82, 2.24) is 0 Å². The van der Waals surface area contributed by atoms with Gasteiger partial charge in [-0.2, -0.15) is 0 Å². The van der Waals surface area contributed by atoms with Crippen molar-refractivity contribution in [3.05, 3.63) is 12.7 Å². The molecule has 2 N–H and O–H groups in total. The molecule has 2 nitrogen and oxygen atoms in total. The lowest BCUT2D eigenvalue weighted by Gasteiger charge is -2.61. The molecule has 0 aromatic heterocycles. The normalized spacial score (nSPS) is 44.0. The summed E-state index contributed by atoms with van der Waals surface area (Å²) in [6.07, 6.45) is 8.96. The number of hydrogen-bond donors (Lipinski definition) is 2. The molecule has 0 bridgehead atoms. The average molecular weight is 309 g/mol. The fourth-order valence-electron chi connectivity index (χ4n) is 5.80. The molecule has 128 valence electrons. The van der Waals surface area contributed by atoms with E-state index in [1.54, 1.807) is 6.08 Å². The van der Waals surface area contributed by atoms with E-state index < -0.39 is 11.2 Å². The number of aliphatic hydroxyl groups is 2. The molecule has 2 saturated carbocycles. The van der Waals surface area contributed by atoms with E-state index in [1.165, 1.54) is 19.3 Å². The average Bonchev–Trinajstić information content (AvgIpc) is 2.35. The molecule has 2 aliphatic carbocycles. The van der Waals surface area contributed by atoms with Gasteiger partial charge >= 0.3 is 0 Å². The maximum Gasteiger partial charge on any atom is 0.0797 e. The summed E-state index contributed by atoms with van der Waals surface area (Å²) in [5.41, 5.74) is -0.900. The van der Waals surface area contributed by atoms with E-state index >= 15 is 0 Å². The Morgan fingerprint density at radius 1 is 1.18 bits per heavy atom. The van der Waals surface area contributed by atoms with Gasteiger partial charge in [-0.3, -0.25) is 0 Å². The van der Waals surface area contributed by atoms with Crippen LogP contribution in [-0.2, 0) is 0 Å². The molecule has 2 heteroatoms. The summed E-state index contributed by atoms with van der Waals surface area (Å²) in [6, 6.07) is 0. The topological polar surface area (TPSA) is 40.5 Å². The van der Waals surface area contributed by atoms with Crippen LogP contribution in [-0.4, -0.2) is 21.4 Å². The SMILES string of the molecule is C=C[C@](C)(O)CC[C@@H]1[C@@]2(C)CCCC(C)(C)[C@@H]2CC[C@]1(C)O. The molecule has 0 aliphatic heterocycles. The second-order valence-corrected chi connectivity index (χ2v) is 9.45. The standard InChI is InChI=1S/C20H36O2/c1-7-18(4,21)13-9-16-19(5)12-8-11-17(2,3)15(19)10-14-20(16,6)22/h7,15-16,21-22H,1,8-14H2,2-6H3/t15-,16+,18-,19-,20-/m0/s1. The van der Waals surface area contributed by atoms with Gasteiger partial charge in [-0.05, 0) is 75.0 Å². The van der Waals surface area contributed by atoms with Crippen LogP contribution in [0.4, 0.5) is 0 Å². The highest BCUT2D eigenvalue weighted by Crippen LogP contribution is 2.63. The van der Waals surface area contributed by atoms with Crippen molar-refractivity contribution < 1.29 is 10.2 Å². The molecule has 0 amide bonds. The third-order valence-electron chi connectivity index (χ3n) is 7.14. The molecule has 0 unspecified atom stereocenters. The zero-order valence-electron chi connectivity index (χ0n) is 15.3. The highest BCUT2D eigenvalue weighted by molar-refractivity contribution is 5.08. The monoisotopic (exact) mass is 308 g/mol. The summed E-state index contributed by atoms with van der Waals surface area (Å²) in [5.74, 6) is 0.928. The Morgan fingerprint density at radius 2 is 1.82 bits per heavy atom. The Morgan fingerprint density at radius 3 is 2.41 bits per heavy atom. The minimum atomic E-state index is -0.830. The molecule has 0 aromatic rings. The van der Waals surface area contributed by atoms with Crippen LogP contribution >= 0.6 is 0 Å². The smallest absolute Gasteiger partial charge is 0.0797 e. The van der Waals surface area contributed by atoms with Crippen LogP contribution in [0.3, 0.4) is 0 Å². The first-order valence-corrected chi connectivity index (χ1v) is 9.03. The molecule has 2 rings (SSSR count). The summed E-state index contributed by atoms with van der Waals surface area (Å²) in [4.78, 5) is 0. The molecule has 22 heavy (non-hydrogen) atoms. The molecular formula is C20H36O2. The van der Waals surface area contributed by atoms with Crippen LogP contribution < -0.4 is 0 Å². The lowest BCUT2D eigenvalue weighted by Crippen LogP contribution is -2.57. The Labute approximate surface area is 137 Å². The Kier molecular flexibility index (Phi) is 4.61. The van der Waals surface area contributed by atoms with Crippen molar-refractivity contribution in [1.29, 1.82) is 0 Å². The quantitative estimate of drug-likeness (QED) is 0.739. The summed E-state index contributed by atoms with van der Waals surface area (Å²) < 4.78 is 0. The third kappa shape index (κ3) is 3.14. The van der Waals surface area contributed by atoms with E-state index in [2.05, 4.69) is 27.4 Å². The predicted molar refractivity (Wildman–Crippen MR) is 92.6 cm³/mol. The van der Waals surface area contributed by atoms with Crippen LogP contribution in [0, 0.1) is 22.7 Å². The minimum absolute atomic E-state index is 0.181. The molecule has 0 heterocycles. The maximum atomic E-state index is 11.1. The summed E-state index contributed by atoms with van der Waals surface area (Å²) >= 11 is 0. The van der Waals surface area contributed by atoms with E-state index in [9.17, 15) is 10.2 Å². The largest absolute Gasteiger partial charge is 0.390 e. The van der Waals surface area contributed by atoms with Gasteiger partial charge in [0, 0.05) is 0 Å². The molecule has 0 aromatic carbocycles. The molecule has 0 spiro atoms. The van der Waals surface area contributed by atoms with Crippen LogP contribution in [0.5, 0.6) is 0 Å². The molecule has 5 atom stereocenters. The summed E-state index contributed by atoms with van der Waals surface area (Å²) in [7, 11) is 0. The second kappa shape index (κ2) is 5.63. The van der Waals surface area contributed by atoms with Crippen molar-refractivity contribution in [2.75, 3.05) is 0 Å². The Hall–Kier alpha value is -0.340. The van der Waals surface area contributed by atoms with Gasteiger partial charge in [-0.15, -0.1) is 6.58 Å². The summed E-state index contributed by atoms with van der Waals surface area (Å²) in [6.45, 7) is 14.8. The van der Waals surface area contributed by atoms with Crippen LogP contribution in [0.25, 0.3) is 0 Å². The molecule has 0 radical (unpaired) electrons. The van der Waals surface area contributed by atoms with Crippen LogP contribution in [0.2, 0.25) is 0 Å². The van der Waals surface area contributed by atoms with Gasteiger partial charge in [0.1, 0.15) is 0 Å². The number of hydrogen-bond acceptors (Lipinski definition) is 2. The predicted octanol–water partition coefficient (Wildman–Crippen LogP) is 4.70. The van der Waals surface area contributed by atoms with Crippen molar-refractivity contribution in [2.45, 2.75) is 90.8 Å². The second-order valence-electron chi connectivity index (χ2n) is 9.45. The van der Waals surface area contributed by atoms with Crippen molar-refractivity contribution >= 4 is 0 Å². The maximum absolute atomic E-state index is 11.1. The van der Waals surface area contributed by atoms with Gasteiger partial charge in [0.2, 0.25) is 0 Å². The minimum Gasteiger partial charge on any atom is -0.390 e. The van der Waals surface area contributed by atoms with Gasteiger partial charge in [-0.25, -0.2) is 0 Å². The highest BCUT2D eigenvalue weighted by atomic mass is 16.3. The van der Waals surface area contributed by atoms with E-state index in [1.807, 2.05) is 13.8 Å². The Balaban J connectivity index is 2.28. The molecular weight excluding hydrogens is 272 g/mol. The third-order valence-corrected chi connectivity index (χ3v) is 7.14. The molecule has 2 fully saturated rings. The first kappa shape index (κ1) is 18.0. The van der Waals surface area contributed by atoms with Gasteiger partial charge in [0.15, 0.2) is 0 Å². The first-order chi connectivity index (χ1) is 9.95. The lowest BCUT2D eigenvalue weighted by atomic mass is 9.45. The lowest BCUT2D eigenvalue weighted by molar-refractivity contribution is -0.171. The zero-order chi connectivity index (χ0) is 16.8. The van der Waals surface area contributed by atoms with Crippen molar-refractivity contribution in [2.24, 2.45) is 22.7 Å².